The molecule has 6 nitrogen and oxygen atoms in total. The van der Waals surface area contributed by atoms with Crippen molar-refractivity contribution in [3.05, 3.63) is 35.2 Å². The number of aryl methyl sites for hydroxylation is 2. The zero-order valence-corrected chi connectivity index (χ0v) is 13.4. The number of sulfonamides is 1. The zero-order valence-electron chi connectivity index (χ0n) is 11.8. The Morgan fingerprint density at radius 1 is 1.43 bits per heavy atom. The van der Waals surface area contributed by atoms with Gasteiger partial charge in [0.05, 0.1) is 11.4 Å². The van der Waals surface area contributed by atoms with Gasteiger partial charge >= 0.3 is 0 Å². The van der Waals surface area contributed by atoms with E-state index in [-0.39, 0.29) is 10.7 Å². The molecule has 2 aromatic rings. The molecule has 0 aliphatic heterocycles. The van der Waals surface area contributed by atoms with E-state index in [1.807, 2.05) is 6.92 Å². The van der Waals surface area contributed by atoms with Crippen LogP contribution >= 0.6 is 11.6 Å². The quantitative estimate of drug-likeness (QED) is 0.825. The minimum atomic E-state index is -3.79. The molecule has 3 N–H and O–H groups in total. The number of aromatic nitrogens is 2. The average molecular weight is 329 g/mol. The lowest BCUT2D eigenvalue weighted by Gasteiger charge is -2.08. The fourth-order valence-electron chi connectivity index (χ4n) is 1.89. The van der Waals surface area contributed by atoms with E-state index in [1.165, 1.54) is 12.3 Å². The second-order valence-corrected chi connectivity index (χ2v) is 6.72. The van der Waals surface area contributed by atoms with Crippen LogP contribution in [0.3, 0.4) is 0 Å². The zero-order chi connectivity index (χ0) is 15.6. The summed E-state index contributed by atoms with van der Waals surface area (Å²) in [5.74, 6) is 0.649. The maximum Gasteiger partial charge on any atom is 0.281 e. The molecule has 8 heteroatoms. The van der Waals surface area contributed by atoms with Gasteiger partial charge in [-0.3, -0.25) is 4.72 Å². The number of anilines is 2. The fourth-order valence-corrected chi connectivity index (χ4v) is 3.15. The lowest BCUT2D eigenvalue weighted by atomic mass is 10.3. The van der Waals surface area contributed by atoms with Crippen molar-refractivity contribution >= 4 is 33.0 Å². The third kappa shape index (κ3) is 3.48. The van der Waals surface area contributed by atoms with Crippen molar-refractivity contribution in [2.24, 2.45) is 0 Å². The first-order valence-corrected chi connectivity index (χ1v) is 8.31. The number of nitrogens with two attached hydrogens (primary N) is 1. The molecule has 1 aromatic carbocycles. The molecule has 0 atom stereocenters. The van der Waals surface area contributed by atoms with Crippen LogP contribution in [0.4, 0.5) is 11.4 Å². The molecule has 0 aliphatic carbocycles. The number of imidazole rings is 1. The SMILES string of the molecule is CCCn1cc(S(=O)(=O)Nc2cc(Cl)ccc2N)nc1C. The van der Waals surface area contributed by atoms with Gasteiger partial charge in [0.2, 0.25) is 0 Å². The number of nitrogen functional groups attached to an aromatic ring is 1. The van der Waals surface area contributed by atoms with Crippen molar-refractivity contribution in [2.45, 2.75) is 31.8 Å². The van der Waals surface area contributed by atoms with Gasteiger partial charge in [-0.25, -0.2) is 4.98 Å². The Balaban J connectivity index is 2.34. The first-order valence-electron chi connectivity index (χ1n) is 6.45. The maximum absolute atomic E-state index is 12.3. The summed E-state index contributed by atoms with van der Waals surface area (Å²) < 4.78 is 28.9. The molecular weight excluding hydrogens is 312 g/mol. The number of benzene rings is 1. The van der Waals surface area contributed by atoms with E-state index in [2.05, 4.69) is 9.71 Å². The fraction of sp³-hybridized carbons (Fsp3) is 0.308. The Morgan fingerprint density at radius 3 is 2.81 bits per heavy atom. The van der Waals surface area contributed by atoms with E-state index in [1.54, 1.807) is 23.6 Å². The summed E-state index contributed by atoms with van der Waals surface area (Å²) in [4.78, 5) is 4.09. The summed E-state index contributed by atoms with van der Waals surface area (Å²) in [7, 11) is -3.79. The van der Waals surface area contributed by atoms with Gasteiger partial charge in [0.15, 0.2) is 5.03 Å². The predicted molar refractivity (Wildman–Crippen MR) is 83.9 cm³/mol. The summed E-state index contributed by atoms with van der Waals surface area (Å²) in [6.45, 7) is 4.49. The minimum Gasteiger partial charge on any atom is -0.397 e. The van der Waals surface area contributed by atoms with Crippen molar-refractivity contribution < 1.29 is 8.42 Å². The highest BCUT2D eigenvalue weighted by Crippen LogP contribution is 2.25. The van der Waals surface area contributed by atoms with Crippen LogP contribution in [0, 0.1) is 6.92 Å². The lowest BCUT2D eigenvalue weighted by molar-refractivity contribution is 0.597. The van der Waals surface area contributed by atoms with Gasteiger partial charge in [0, 0.05) is 17.8 Å². The largest absolute Gasteiger partial charge is 0.397 e. The van der Waals surface area contributed by atoms with E-state index in [0.29, 0.717) is 23.1 Å². The second-order valence-electron chi connectivity index (χ2n) is 4.66. The van der Waals surface area contributed by atoms with E-state index in [0.717, 1.165) is 6.42 Å². The van der Waals surface area contributed by atoms with Gasteiger partial charge in [-0.1, -0.05) is 18.5 Å². The smallest absolute Gasteiger partial charge is 0.281 e. The molecule has 0 spiro atoms. The molecule has 1 aromatic heterocycles. The first-order chi connectivity index (χ1) is 9.83. The first kappa shape index (κ1) is 15.7. The molecule has 0 aliphatic rings. The number of nitrogens with one attached hydrogen (secondary N) is 1. The molecule has 0 amide bonds. The van der Waals surface area contributed by atoms with Crippen LogP contribution in [0.25, 0.3) is 0 Å². The van der Waals surface area contributed by atoms with Gasteiger partial charge in [-0.2, -0.15) is 8.42 Å². The number of nitrogens with zero attached hydrogens (tertiary/aromatic N) is 2. The van der Waals surface area contributed by atoms with Crippen molar-refractivity contribution in [2.75, 3.05) is 10.5 Å². The highest BCUT2D eigenvalue weighted by molar-refractivity contribution is 7.92. The molecular formula is C13H17ClN4O2S. The van der Waals surface area contributed by atoms with Crippen LogP contribution in [0.15, 0.2) is 29.4 Å². The molecule has 0 fully saturated rings. The van der Waals surface area contributed by atoms with Crippen molar-refractivity contribution in [1.82, 2.24) is 9.55 Å². The van der Waals surface area contributed by atoms with Gasteiger partial charge in [0.1, 0.15) is 5.82 Å². The van der Waals surface area contributed by atoms with E-state index < -0.39 is 10.0 Å². The highest BCUT2D eigenvalue weighted by Gasteiger charge is 2.20. The Bertz CT molecular complexity index is 756. The Morgan fingerprint density at radius 2 is 2.14 bits per heavy atom. The molecule has 0 unspecified atom stereocenters. The second kappa shape index (κ2) is 5.95. The number of rotatable bonds is 5. The molecule has 1 heterocycles. The van der Waals surface area contributed by atoms with Crippen LogP contribution in [0.2, 0.25) is 5.02 Å². The topological polar surface area (TPSA) is 90.0 Å². The Labute approximate surface area is 129 Å². The summed E-state index contributed by atoms with van der Waals surface area (Å²) in [5, 5.41) is 0.363. The van der Waals surface area contributed by atoms with Crippen LogP contribution in [0.1, 0.15) is 19.2 Å². The standard InChI is InChI=1S/C13H17ClN4O2S/c1-3-6-18-8-13(16-9(18)2)21(19,20)17-12-7-10(14)4-5-11(12)15/h4-5,7-8,17H,3,6,15H2,1-2H3. The van der Waals surface area contributed by atoms with Crippen LogP contribution in [-0.2, 0) is 16.6 Å². The number of hydrogen-bond acceptors (Lipinski definition) is 4. The Kier molecular flexibility index (Phi) is 4.43. The summed E-state index contributed by atoms with van der Waals surface area (Å²) >= 11 is 5.85. The number of hydrogen-bond donors (Lipinski definition) is 2. The highest BCUT2D eigenvalue weighted by atomic mass is 35.5. The third-order valence-corrected chi connectivity index (χ3v) is 4.42. The van der Waals surface area contributed by atoms with Gasteiger partial charge in [-0.15, -0.1) is 0 Å². The lowest BCUT2D eigenvalue weighted by Crippen LogP contribution is -2.14. The van der Waals surface area contributed by atoms with Crippen molar-refractivity contribution in [3.63, 3.8) is 0 Å². The van der Waals surface area contributed by atoms with Crippen molar-refractivity contribution in [3.8, 4) is 0 Å². The van der Waals surface area contributed by atoms with Crippen LogP contribution in [-0.4, -0.2) is 18.0 Å². The summed E-state index contributed by atoms with van der Waals surface area (Å²) in [6, 6.07) is 4.60. The summed E-state index contributed by atoms with van der Waals surface area (Å²) in [5.41, 5.74) is 6.29. The molecule has 0 saturated carbocycles. The summed E-state index contributed by atoms with van der Waals surface area (Å²) in [6.07, 6.45) is 2.41. The van der Waals surface area contributed by atoms with E-state index in [9.17, 15) is 8.42 Å². The number of halogens is 1. The molecule has 114 valence electrons. The third-order valence-electron chi connectivity index (χ3n) is 2.95. The maximum atomic E-state index is 12.3. The van der Waals surface area contributed by atoms with Gasteiger partial charge in [-0.05, 0) is 31.5 Å². The predicted octanol–water partition coefficient (Wildman–Crippen LogP) is 2.64. The van der Waals surface area contributed by atoms with Crippen LogP contribution < -0.4 is 10.5 Å². The van der Waals surface area contributed by atoms with Crippen molar-refractivity contribution in [1.29, 1.82) is 0 Å². The molecule has 0 bridgehead atoms. The van der Waals surface area contributed by atoms with Gasteiger partial charge in [0.25, 0.3) is 10.0 Å². The molecule has 0 radical (unpaired) electrons. The average Bonchev–Trinajstić information content (AvgIpc) is 2.77. The molecule has 2 rings (SSSR count). The van der Waals surface area contributed by atoms with E-state index in [4.69, 9.17) is 17.3 Å². The van der Waals surface area contributed by atoms with Gasteiger partial charge < -0.3 is 10.3 Å². The normalized spacial score (nSPS) is 11.6. The monoisotopic (exact) mass is 328 g/mol. The molecule has 21 heavy (non-hydrogen) atoms. The Hall–Kier alpha value is -1.73. The van der Waals surface area contributed by atoms with Crippen LogP contribution in [0.5, 0.6) is 0 Å². The molecule has 0 saturated heterocycles. The minimum absolute atomic E-state index is 0.0344. The van der Waals surface area contributed by atoms with E-state index >= 15 is 0 Å².